The minimum atomic E-state index is -0.537. The third-order valence-electron chi connectivity index (χ3n) is 2.67. The molecule has 0 fully saturated rings. The molecule has 0 saturated heterocycles. The van der Waals surface area contributed by atoms with Crippen LogP contribution >= 0.6 is 22.7 Å². The first kappa shape index (κ1) is 13.0. The zero-order chi connectivity index (χ0) is 13.9. The Morgan fingerprint density at radius 2 is 2.10 bits per heavy atom. The van der Waals surface area contributed by atoms with E-state index in [-0.39, 0.29) is 5.56 Å². The molecule has 3 aromatic rings. The number of aromatic nitrogens is 1. The zero-order valence-corrected chi connectivity index (χ0v) is 11.8. The van der Waals surface area contributed by atoms with Crippen molar-refractivity contribution in [3.8, 4) is 10.4 Å². The van der Waals surface area contributed by atoms with Crippen LogP contribution in [0.2, 0.25) is 0 Å². The van der Waals surface area contributed by atoms with E-state index in [0.717, 1.165) is 10.4 Å². The van der Waals surface area contributed by atoms with E-state index in [1.54, 1.807) is 17.6 Å². The van der Waals surface area contributed by atoms with Gasteiger partial charge in [-0.25, -0.2) is 9.37 Å². The second kappa shape index (κ2) is 5.52. The Kier molecular flexibility index (Phi) is 3.58. The molecule has 3 nitrogen and oxygen atoms in total. The molecular formula is C14H9FN2OS2. The van der Waals surface area contributed by atoms with Gasteiger partial charge in [0.2, 0.25) is 0 Å². The molecule has 6 heteroatoms. The lowest BCUT2D eigenvalue weighted by Crippen LogP contribution is -2.13. The van der Waals surface area contributed by atoms with Crippen molar-refractivity contribution in [2.75, 3.05) is 5.32 Å². The Morgan fingerprint density at radius 1 is 1.20 bits per heavy atom. The average molecular weight is 304 g/mol. The summed E-state index contributed by atoms with van der Waals surface area (Å²) < 4.78 is 14.0. The number of thiophene rings is 1. The van der Waals surface area contributed by atoms with E-state index in [2.05, 4.69) is 10.3 Å². The summed E-state index contributed by atoms with van der Waals surface area (Å²) in [5.74, 6) is -1.03. The van der Waals surface area contributed by atoms with E-state index in [0.29, 0.717) is 5.13 Å². The Balaban J connectivity index is 1.86. The van der Waals surface area contributed by atoms with Crippen LogP contribution in [0.1, 0.15) is 10.4 Å². The third kappa shape index (κ3) is 2.61. The predicted octanol–water partition coefficient (Wildman–Crippen LogP) is 4.26. The van der Waals surface area contributed by atoms with Crippen molar-refractivity contribution in [1.82, 2.24) is 4.98 Å². The largest absolute Gasteiger partial charge is 0.298 e. The summed E-state index contributed by atoms with van der Waals surface area (Å²) in [4.78, 5) is 16.9. The molecule has 2 heterocycles. The maximum atomic E-state index is 14.0. The lowest BCUT2D eigenvalue weighted by atomic mass is 10.1. The quantitative estimate of drug-likeness (QED) is 0.785. The highest BCUT2D eigenvalue weighted by Crippen LogP contribution is 2.26. The van der Waals surface area contributed by atoms with Gasteiger partial charge >= 0.3 is 0 Å². The van der Waals surface area contributed by atoms with Gasteiger partial charge in [-0.3, -0.25) is 10.1 Å². The van der Waals surface area contributed by atoms with Crippen LogP contribution in [0.4, 0.5) is 9.52 Å². The summed E-state index contributed by atoms with van der Waals surface area (Å²) in [5, 5.41) is 6.69. The van der Waals surface area contributed by atoms with E-state index in [1.807, 2.05) is 17.5 Å². The van der Waals surface area contributed by atoms with Crippen LogP contribution in [0.3, 0.4) is 0 Å². The molecule has 0 saturated carbocycles. The standard InChI is InChI=1S/C14H9FN2OS2/c15-11-8-9(12-2-1-6-19-12)3-4-10(11)13(18)17-14-16-5-7-20-14/h1-8H,(H,16,17,18). The molecule has 0 bridgehead atoms. The molecule has 0 aliphatic heterocycles. The van der Waals surface area contributed by atoms with Gasteiger partial charge in [0.15, 0.2) is 5.13 Å². The van der Waals surface area contributed by atoms with Crippen LogP contribution in [0.15, 0.2) is 47.3 Å². The highest BCUT2D eigenvalue weighted by molar-refractivity contribution is 7.14. The smallest absolute Gasteiger partial charge is 0.260 e. The minimum Gasteiger partial charge on any atom is -0.298 e. The van der Waals surface area contributed by atoms with Crippen molar-refractivity contribution < 1.29 is 9.18 Å². The molecule has 0 unspecified atom stereocenters. The van der Waals surface area contributed by atoms with Crippen molar-refractivity contribution in [3.05, 3.63) is 58.7 Å². The highest BCUT2D eigenvalue weighted by Gasteiger charge is 2.14. The van der Waals surface area contributed by atoms with Crippen molar-refractivity contribution in [1.29, 1.82) is 0 Å². The number of thiazole rings is 1. The van der Waals surface area contributed by atoms with Crippen LogP contribution in [0.5, 0.6) is 0 Å². The van der Waals surface area contributed by atoms with Gasteiger partial charge in [0.05, 0.1) is 5.56 Å². The van der Waals surface area contributed by atoms with Crippen molar-refractivity contribution in [3.63, 3.8) is 0 Å². The molecule has 0 aliphatic carbocycles. The maximum absolute atomic E-state index is 14.0. The van der Waals surface area contributed by atoms with Crippen LogP contribution in [0, 0.1) is 5.82 Å². The lowest BCUT2D eigenvalue weighted by molar-refractivity contribution is 0.102. The highest BCUT2D eigenvalue weighted by atomic mass is 32.1. The fraction of sp³-hybridized carbons (Fsp3) is 0. The first-order valence-corrected chi connectivity index (χ1v) is 7.54. The number of carbonyl (C=O) groups is 1. The normalized spacial score (nSPS) is 10.4. The van der Waals surface area contributed by atoms with Crippen molar-refractivity contribution in [2.45, 2.75) is 0 Å². The van der Waals surface area contributed by atoms with E-state index in [4.69, 9.17) is 0 Å². The fourth-order valence-electron chi connectivity index (χ4n) is 1.74. The first-order chi connectivity index (χ1) is 9.74. The molecule has 0 aliphatic rings. The Hall–Kier alpha value is -2.05. The third-order valence-corrected chi connectivity index (χ3v) is 4.28. The van der Waals surface area contributed by atoms with Crippen LogP contribution in [0.25, 0.3) is 10.4 Å². The molecule has 3 rings (SSSR count). The number of rotatable bonds is 3. The zero-order valence-electron chi connectivity index (χ0n) is 10.2. The summed E-state index contributed by atoms with van der Waals surface area (Å²) in [6.07, 6.45) is 1.58. The first-order valence-electron chi connectivity index (χ1n) is 5.78. The van der Waals surface area contributed by atoms with Gasteiger partial charge in [-0.2, -0.15) is 0 Å². The van der Waals surface area contributed by atoms with Crippen LogP contribution in [-0.4, -0.2) is 10.9 Å². The average Bonchev–Trinajstić information content (AvgIpc) is 3.11. The number of benzene rings is 1. The Morgan fingerprint density at radius 3 is 2.75 bits per heavy atom. The van der Waals surface area contributed by atoms with Gasteiger partial charge in [-0.15, -0.1) is 22.7 Å². The molecule has 1 aromatic carbocycles. The second-order valence-corrected chi connectivity index (χ2v) is 5.81. The molecule has 20 heavy (non-hydrogen) atoms. The molecule has 0 spiro atoms. The number of amides is 1. The number of hydrogen-bond acceptors (Lipinski definition) is 4. The molecule has 1 amide bonds. The number of hydrogen-bond donors (Lipinski definition) is 1. The summed E-state index contributed by atoms with van der Waals surface area (Å²) in [5.41, 5.74) is 0.781. The second-order valence-electron chi connectivity index (χ2n) is 3.96. The lowest BCUT2D eigenvalue weighted by Gasteiger charge is -2.05. The number of anilines is 1. The van der Waals surface area contributed by atoms with Crippen LogP contribution < -0.4 is 5.32 Å². The van der Waals surface area contributed by atoms with Gasteiger partial charge in [0.1, 0.15) is 5.82 Å². The SMILES string of the molecule is O=C(Nc1nccs1)c1ccc(-c2cccs2)cc1F. The van der Waals surface area contributed by atoms with E-state index < -0.39 is 11.7 Å². The van der Waals surface area contributed by atoms with E-state index in [9.17, 15) is 9.18 Å². The number of halogens is 1. The van der Waals surface area contributed by atoms with Gasteiger partial charge in [0, 0.05) is 16.5 Å². The van der Waals surface area contributed by atoms with Crippen molar-refractivity contribution in [2.24, 2.45) is 0 Å². The molecule has 2 aromatic heterocycles. The Labute approximate surface area is 122 Å². The van der Waals surface area contributed by atoms with E-state index in [1.165, 1.54) is 34.8 Å². The van der Waals surface area contributed by atoms with Crippen LogP contribution in [-0.2, 0) is 0 Å². The molecular weight excluding hydrogens is 295 g/mol. The predicted molar refractivity (Wildman–Crippen MR) is 79.8 cm³/mol. The topological polar surface area (TPSA) is 42.0 Å². The van der Waals surface area contributed by atoms with Gasteiger partial charge in [-0.05, 0) is 29.1 Å². The molecule has 1 N–H and O–H groups in total. The van der Waals surface area contributed by atoms with Gasteiger partial charge in [-0.1, -0.05) is 12.1 Å². The number of nitrogens with zero attached hydrogens (tertiary/aromatic N) is 1. The summed E-state index contributed by atoms with van der Waals surface area (Å²) >= 11 is 2.82. The van der Waals surface area contributed by atoms with Crippen molar-refractivity contribution >= 4 is 33.7 Å². The summed E-state index contributed by atoms with van der Waals surface area (Å²) in [6, 6.07) is 8.43. The molecule has 0 atom stereocenters. The number of carbonyl (C=O) groups excluding carboxylic acids is 1. The van der Waals surface area contributed by atoms with Gasteiger partial charge in [0.25, 0.3) is 5.91 Å². The summed E-state index contributed by atoms with van der Waals surface area (Å²) in [6.45, 7) is 0. The molecule has 0 radical (unpaired) electrons. The maximum Gasteiger partial charge on any atom is 0.260 e. The fourth-order valence-corrected chi connectivity index (χ4v) is 2.99. The molecule has 100 valence electrons. The van der Waals surface area contributed by atoms with Gasteiger partial charge < -0.3 is 0 Å². The monoisotopic (exact) mass is 304 g/mol. The Bertz CT molecular complexity index is 724. The number of nitrogens with one attached hydrogen (secondary N) is 1. The minimum absolute atomic E-state index is 0.0144. The summed E-state index contributed by atoms with van der Waals surface area (Å²) in [7, 11) is 0. The van der Waals surface area contributed by atoms with E-state index >= 15 is 0 Å².